The number of benzene rings is 2. The van der Waals surface area contributed by atoms with Crippen LogP contribution in [-0.4, -0.2) is 41.7 Å². The summed E-state index contributed by atoms with van der Waals surface area (Å²) in [6.07, 6.45) is 1.43. The molecule has 3 rings (SSSR count). The van der Waals surface area contributed by atoms with Crippen molar-refractivity contribution in [2.45, 2.75) is 0 Å². The molecule has 0 unspecified atom stereocenters. The Morgan fingerprint density at radius 2 is 1.79 bits per heavy atom. The highest BCUT2D eigenvalue weighted by atomic mass is 35.5. The fourth-order valence-corrected chi connectivity index (χ4v) is 3.16. The van der Waals surface area contributed by atoms with Crippen molar-refractivity contribution in [3.63, 3.8) is 0 Å². The van der Waals surface area contributed by atoms with E-state index >= 15 is 0 Å². The molecule has 9 heteroatoms. The van der Waals surface area contributed by atoms with Crippen LogP contribution in [-0.2, 0) is 9.53 Å². The first-order chi connectivity index (χ1) is 13.8. The molecule has 2 aromatic carbocycles. The predicted octanol–water partition coefficient (Wildman–Crippen LogP) is 3.57. The largest absolute Gasteiger partial charge is 0.452 e. The molecule has 1 N–H and O–H groups in total. The number of anilines is 1. The van der Waals surface area contributed by atoms with E-state index in [4.69, 9.17) is 27.9 Å². The zero-order chi connectivity index (χ0) is 21.1. The number of carbonyl (C=O) groups excluding carboxylic acids is 4. The van der Waals surface area contributed by atoms with Crippen molar-refractivity contribution in [3.05, 3.63) is 75.8 Å². The lowest BCUT2D eigenvalue weighted by Gasteiger charge is -2.09. The summed E-state index contributed by atoms with van der Waals surface area (Å²) in [7, 11) is 0. The third-order valence-electron chi connectivity index (χ3n) is 4.06. The predicted molar refractivity (Wildman–Crippen MR) is 107 cm³/mol. The van der Waals surface area contributed by atoms with Gasteiger partial charge in [0.15, 0.2) is 6.61 Å². The van der Waals surface area contributed by atoms with Gasteiger partial charge in [-0.1, -0.05) is 29.3 Å². The van der Waals surface area contributed by atoms with Crippen molar-refractivity contribution in [3.8, 4) is 0 Å². The van der Waals surface area contributed by atoms with Gasteiger partial charge in [0.25, 0.3) is 17.7 Å². The highest BCUT2D eigenvalue weighted by Crippen LogP contribution is 2.26. The van der Waals surface area contributed by atoms with Crippen LogP contribution in [0.4, 0.5) is 5.69 Å². The van der Waals surface area contributed by atoms with Crippen LogP contribution < -0.4 is 5.32 Å². The highest BCUT2D eigenvalue weighted by molar-refractivity contribution is 6.36. The number of nitrogens with one attached hydrogen (secondary N) is 1. The minimum absolute atomic E-state index is 0.0441. The van der Waals surface area contributed by atoms with Gasteiger partial charge in [-0.2, -0.15) is 0 Å². The van der Waals surface area contributed by atoms with E-state index in [0.717, 1.165) is 4.90 Å². The standard InChI is InChI=1S/C20H14Cl2N2O5/c1-2-7-24-18(26)13-5-3-11(8-14(13)19(24)27)20(28)29-10-17(25)23-16-6-4-12(21)9-15(16)22/h2-6,8-9H,1,7,10H2,(H,23,25). The second-order valence-electron chi connectivity index (χ2n) is 6.02. The first kappa shape index (κ1) is 20.6. The second kappa shape index (κ2) is 8.46. The number of nitrogens with zero attached hydrogens (tertiary/aromatic N) is 1. The quantitative estimate of drug-likeness (QED) is 0.427. The number of imide groups is 1. The Kier molecular flexibility index (Phi) is 6.00. The molecule has 0 atom stereocenters. The second-order valence-corrected chi connectivity index (χ2v) is 6.86. The zero-order valence-electron chi connectivity index (χ0n) is 14.9. The molecule has 7 nitrogen and oxygen atoms in total. The molecular weight excluding hydrogens is 419 g/mol. The minimum Gasteiger partial charge on any atom is -0.452 e. The number of amides is 3. The van der Waals surface area contributed by atoms with E-state index in [0.29, 0.717) is 10.7 Å². The molecule has 2 aromatic rings. The summed E-state index contributed by atoms with van der Waals surface area (Å²) in [6, 6.07) is 8.54. The van der Waals surface area contributed by atoms with Crippen LogP contribution in [0.15, 0.2) is 49.1 Å². The summed E-state index contributed by atoms with van der Waals surface area (Å²) >= 11 is 11.8. The normalized spacial score (nSPS) is 12.6. The maximum atomic E-state index is 12.3. The lowest BCUT2D eigenvalue weighted by molar-refractivity contribution is -0.119. The number of fused-ring (bicyclic) bond motifs is 1. The SMILES string of the molecule is C=CCN1C(=O)c2ccc(C(=O)OCC(=O)Nc3ccc(Cl)cc3Cl)cc2C1=O. The van der Waals surface area contributed by atoms with Gasteiger partial charge in [0.2, 0.25) is 0 Å². The van der Waals surface area contributed by atoms with Gasteiger partial charge in [-0.05, 0) is 36.4 Å². The highest BCUT2D eigenvalue weighted by Gasteiger charge is 2.35. The van der Waals surface area contributed by atoms with Crippen molar-refractivity contribution in [2.24, 2.45) is 0 Å². The monoisotopic (exact) mass is 432 g/mol. The molecule has 0 aromatic heterocycles. The summed E-state index contributed by atoms with van der Waals surface area (Å²) in [5.41, 5.74) is 0.663. The average molecular weight is 433 g/mol. The van der Waals surface area contributed by atoms with Crippen molar-refractivity contribution < 1.29 is 23.9 Å². The van der Waals surface area contributed by atoms with Gasteiger partial charge in [-0.15, -0.1) is 6.58 Å². The van der Waals surface area contributed by atoms with Gasteiger partial charge in [0.05, 0.1) is 27.4 Å². The van der Waals surface area contributed by atoms with E-state index in [9.17, 15) is 19.2 Å². The van der Waals surface area contributed by atoms with Gasteiger partial charge in [-0.3, -0.25) is 19.3 Å². The van der Waals surface area contributed by atoms with Gasteiger partial charge in [-0.25, -0.2) is 4.79 Å². The molecule has 29 heavy (non-hydrogen) atoms. The molecule has 3 amide bonds. The van der Waals surface area contributed by atoms with E-state index in [1.807, 2.05) is 0 Å². The van der Waals surface area contributed by atoms with Crippen LogP contribution in [0.2, 0.25) is 10.0 Å². The number of ether oxygens (including phenoxy) is 1. The first-order valence-corrected chi connectivity index (χ1v) is 9.10. The summed E-state index contributed by atoms with van der Waals surface area (Å²) in [5.74, 6) is -2.39. The molecule has 0 fully saturated rings. The van der Waals surface area contributed by atoms with Gasteiger partial charge >= 0.3 is 5.97 Å². The number of carbonyl (C=O) groups is 4. The summed E-state index contributed by atoms with van der Waals surface area (Å²) in [6.45, 7) is 3.01. The number of hydrogen-bond donors (Lipinski definition) is 1. The summed E-state index contributed by atoms with van der Waals surface area (Å²) < 4.78 is 4.98. The Morgan fingerprint density at radius 1 is 1.07 bits per heavy atom. The Hall–Kier alpha value is -3.16. The fourth-order valence-electron chi connectivity index (χ4n) is 2.70. The zero-order valence-corrected chi connectivity index (χ0v) is 16.4. The number of rotatable bonds is 6. The first-order valence-electron chi connectivity index (χ1n) is 8.35. The average Bonchev–Trinajstić information content (AvgIpc) is 2.93. The van der Waals surface area contributed by atoms with E-state index in [1.54, 1.807) is 6.07 Å². The number of esters is 1. The lowest BCUT2D eigenvalue weighted by Crippen LogP contribution is -2.29. The number of hydrogen-bond acceptors (Lipinski definition) is 5. The smallest absolute Gasteiger partial charge is 0.338 e. The van der Waals surface area contributed by atoms with Crippen molar-refractivity contribution in [1.29, 1.82) is 0 Å². The molecule has 1 aliphatic rings. The van der Waals surface area contributed by atoms with Gasteiger partial charge in [0.1, 0.15) is 0 Å². The van der Waals surface area contributed by atoms with Gasteiger partial charge < -0.3 is 10.1 Å². The lowest BCUT2D eigenvalue weighted by atomic mass is 10.1. The molecule has 0 radical (unpaired) electrons. The van der Waals surface area contributed by atoms with Crippen LogP contribution in [0.1, 0.15) is 31.1 Å². The molecule has 0 saturated carbocycles. The molecule has 1 heterocycles. The Labute approximate surface area is 175 Å². The van der Waals surface area contributed by atoms with Crippen LogP contribution in [0.5, 0.6) is 0 Å². The molecule has 0 aliphatic carbocycles. The van der Waals surface area contributed by atoms with Crippen molar-refractivity contribution in [1.82, 2.24) is 4.90 Å². The third-order valence-corrected chi connectivity index (χ3v) is 4.61. The Bertz CT molecular complexity index is 1050. The van der Waals surface area contributed by atoms with Crippen LogP contribution in [0, 0.1) is 0 Å². The Balaban J connectivity index is 1.65. The summed E-state index contributed by atoms with van der Waals surface area (Å²) in [5, 5.41) is 3.15. The third kappa shape index (κ3) is 4.31. The maximum absolute atomic E-state index is 12.3. The van der Waals surface area contributed by atoms with Crippen LogP contribution >= 0.6 is 23.2 Å². The molecule has 0 spiro atoms. The maximum Gasteiger partial charge on any atom is 0.338 e. The molecule has 148 valence electrons. The minimum atomic E-state index is -0.812. The molecular formula is C20H14Cl2N2O5. The topological polar surface area (TPSA) is 92.8 Å². The van der Waals surface area contributed by atoms with Crippen LogP contribution in [0.25, 0.3) is 0 Å². The molecule has 0 saturated heterocycles. The van der Waals surface area contributed by atoms with E-state index in [1.165, 1.54) is 36.4 Å². The number of halogens is 2. The van der Waals surface area contributed by atoms with Crippen LogP contribution in [0.3, 0.4) is 0 Å². The fraction of sp³-hybridized carbons (Fsp3) is 0.100. The Morgan fingerprint density at radius 3 is 2.48 bits per heavy atom. The van der Waals surface area contributed by atoms with E-state index in [-0.39, 0.29) is 28.3 Å². The molecule has 1 aliphatic heterocycles. The van der Waals surface area contributed by atoms with Crippen molar-refractivity contribution >= 4 is 52.6 Å². The van der Waals surface area contributed by atoms with Crippen molar-refractivity contribution in [2.75, 3.05) is 18.5 Å². The van der Waals surface area contributed by atoms with E-state index < -0.39 is 30.3 Å². The van der Waals surface area contributed by atoms with Gasteiger partial charge in [0, 0.05) is 11.6 Å². The van der Waals surface area contributed by atoms with E-state index in [2.05, 4.69) is 11.9 Å². The molecule has 0 bridgehead atoms. The summed E-state index contributed by atoms with van der Waals surface area (Å²) in [4.78, 5) is 49.7.